The van der Waals surface area contributed by atoms with Gasteiger partial charge in [0.2, 0.25) is 0 Å². The SMILES string of the molecule is CC(=O)c1ccc2[nH]c(-c3ccc(OCCN(C)C)cc3)nc2c1. The highest BCUT2D eigenvalue weighted by molar-refractivity contribution is 5.97. The molecule has 1 aromatic heterocycles. The van der Waals surface area contributed by atoms with Crippen molar-refractivity contribution in [3.05, 3.63) is 48.0 Å². The molecule has 3 rings (SSSR count). The summed E-state index contributed by atoms with van der Waals surface area (Å²) in [5.41, 5.74) is 3.37. The molecule has 3 aromatic rings. The van der Waals surface area contributed by atoms with E-state index in [4.69, 9.17) is 4.74 Å². The normalized spacial score (nSPS) is 11.2. The Morgan fingerprint density at radius 2 is 1.92 bits per heavy atom. The molecule has 24 heavy (non-hydrogen) atoms. The predicted octanol–water partition coefficient (Wildman–Crippen LogP) is 3.37. The number of nitrogens with zero attached hydrogens (tertiary/aromatic N) is 2. The second kappa shape index (κ2) is 6.84. The third kappa shape index (κ3) is 3.63. The molecule has 5 heteroatoms. The predicted molar refractivity (Wildman–Crippen MR) is 95.6 cm³/mol. The number of likely N-dealkylation sites (N-methyl/N-ethyl adjacent to an activating group) is 1. The van der Waals surface area contributed by atoms with Gasteiger partial charge in [0.25, 0.3) is 0 Å². The van der Waals surface area contributed by atoms with Crippen molar-refractivity contribution in [2.24, 2.45) is 0 Å². The fraction of sp³-hybridized carbons (Fsp3) is 0.263. The van der Waals surface area contributed by atoms with Crippen LogP contribution in [0.1, 0.15) is 17.3 Å². The van der Waals surface area contributed by atoms with Gasteiger partial charge in [0.05, 0.1) is 11.0 Å². The van der Waals surface area contributed by atoms with Crippen molar-refractivity contribution in [1.82, 2.24) is 14.9 Å². The number of aromatic nitrogens is 2. The second-order valence-electron chi connectivity index (χ2n) is 6.05. The minimum Gasteiger partial charge on any atom is -0.492 e. The topological polar surface area (TPSA) is 58.2 Å². The number of ketones is 1. The van der Waals surface area contributed by atoms with Crippen molar-refractivity contribution in [3.63, 3.8) is 0 Å². The van der Waals surface area contributed by atoms with Crippen molar-refractivity contribution in [1.29, 1.82) is 0 Å². The molecule has 1 heterocycles. The smallest absolute Gasteiger partial charge is 0.159 e. The van der Waals surface area contributed by atoms with Crippen LogP contribution >= 0.6 is 0 Å². The van der Waals surface area contributed by atoms with Gasteiger partial charge < -0.3 is 14.6 Å². The third-order valence-corrected chi connectivity index (χ3v) is 3.82. The number of fused-ring (bicyclic) bond motifs is 1. The number of benzene rings is 2. The van der Waals surface area contributed by atoms with Crippen molar-refractivity contribution in [3.8, 4) is 17.1 Å². The number of Topliss-reactive ketones (excluding diaryl/α,β-unsaturated/α-hetero) is 1. The summed E-state index contributed by atoms with van der Waals surface area (Å²) in [6, 6.07) is 13.4. The summed E-state index contributed by atoms with van der Waals surface area (Å²) in [5.74, 6) is 1.67. The fourth-order valence-corrected chi connectivity index (χ4v) is 2.42. The number of imidazole rings is 1. The van der Waals surface area contributed by atoms with E-state index in [2.05, 4.69) is 14.9 Å². The highest BCUT2D eigenvalue weighted by Crippen LogP contribution is 2.23. The van der Waals surface area contributed by atoms with E-state index in [0.717, 1.165) is 34.7 Å². The first kappa shape index (κ1) is 16.2. The van der Waals surface area contributed by atoms with E-state index in [-0.39, 0.29) is 5.78 Å². The standard InChI is InChI=1S/C19H21N3O2/c1-13(23)15-6-9-17-18(12-15)21-19(20-17)14-4-7-16(8-5-14)24-11-10-22(2)3/h4-9,12H,10-11H2,1-3H3,(H,20,21). The minimum absolute atomic E-state index is 0.0423. The molecule has 0 aliphatic carbocycles. The quantitative estimate of drug-likeness (QED) is 0.707. The highest BCUT2D eigenvalue weighted by atomic mass is 16.5. The summed E-state index contributed by atoms with van der Waals surface area (Å²) in [4.78, 5) is 21.4. The lowest BCUT2D eigenvalue weighted by Crippen LogP contribution is -2.19. The molecular formula is C19H21N3O2. The van der Waals surface area contributed by atoms with Crippen LogP contribution < -0.4 is 4.74 Å². The molecule has 124 valence electrons. The van der Waals surface area contributed by atoms with E-state index in [0.29, 0.717) is 12.2 Å². The zero-order valence-electron chi connectivity index (χ0n) is 14.2. The van der Waals surface area contributed by atoms with Gasteiger partial charge >= 0.3 is 0 Å². The summed E-state index contributed by atoms with van der Waals surface area (Å²) in [7, 11) is 4.04. The minimum atomic E-state index is 0.0423. The van der Waals surface area contributed by atoms with E-state index in [1.54, 1.807) is 6.92 Å². The Bertz CT molecular complexity index is 851. The first-order chi connectivity index (χ1) is 11.5. The van der Waals surface area contributed by atoms with Gasteiger partial charge in [0, 0.05) is 17.7 Å². The summed E-state index contributed by atoms with van der Waals surface area (Å²) >= 11 is 0. The Morgan fingerprint density at radius 3 is 2.58 bits per heavy atom. The average Bonchev–Trinajstić information content (AvgIpc) is 2.98. The average molecular weight is 323 g/mol. The largest absolute Gasteiger partial charge is 0.492 e. The van der Waals surface area contributed by atoms with Crippen LogP contribution in [-0.4, -0.2) is 47.9 Å². The highest BCUT2D eigenvalue weighted by Gasteiger charge is 2.08. The van der Waals surface area contributed by atoms with Crippen LogP contribution in [0.15, 0.2) is 42.5 Å². The lowest BCUT2D eigenvalue weighted by atomic mass is 10.1. The molecule has 0 fully saturated rings. The van der Waals surface area contributed by atoms with Gasteiger partial charge in [-0.05, 0) is 63.5 Å². The first-order valence-corrected chi connectivity index (χ1v) is 7.91. The monoisotopic (exact) mass is 323 g/mol. The summed E-state index contributed by atoms with van der Waals surface area (Å²) in [6.45, 7) is 3.10. The molecule has 5 nitrogen and oxygen atoms in total. The number of hydrogen-bond donors (Lipinski definition) is 1. The van der Waals surface area contributed by atoms with Crippen LogP contribution in [0.3, 0.4) is 0 Å². The molecule has 0 saturated carbocycles. The third-order valence-electron chi connectivity index (χ3n) is 3.82. The maximum absolute atomic E-state index is 11.5. The Morgan fingerprint density at radius 1 is 1.17 bits per heavy atom. The van der Waals surface area contributed by atoms with Crippen LogP contribution in [0.4, 0.5) is 0 Å². The molecule has 0 aliphatic heterocycles. The molecule has 0 unspecified atom stereocenters. The van der Waals surface area contributed by atoms with Gasteiger partial charge in [0.1, 0.15) is 18.2 Å². The number of nitrogens with one attached hydrogen (secondary N) is 1. The van der Waals surface area contributed by atoms with E-state index in [1.165, 1.54) is 0 Å². The summed E-state index contributed by atoms with van der Waals surface area (Å²) in [5, 5.41) is 0. The zero-order chi connectivity index (χ0) is 17.1. The number of hydrogen-bond acceptors (Lipinski definition) is 4. The molecule has 0 bridgehead atoms. The van der Waals surface area contributed by atoms with Crippen LogP contribution in [0, 0.1) is 0 Å². The Balaban J connectivity index is 1.78. The van der Waals surface area contributed by atoms with Gasteiger partial charge in [-0.2, -0.15) is 0 Å². The van der Waals surface area contributed by atoms with Crippen LogP contribution in [0.2, 0.25) is 0 Å². The number of ether oxygens (including phenoxy) is 1. The van der Waals surface area contributed by atoms with E-state index < -0.39 is 0 Å². The fourth-order valence-electron chi connectivity index (χ4n) is 2.42. The number of aromatic amines is 1. The number of H-pyrrole nitrogens is 1. The molecular weight excluding hydrogens is 302 g/mol. The number of carbonyl (C=O) groups excluding carboxylic acids is 1. The van der Waals surface area contributed by atoms with Gasteiger partial charge in [-0.15, -0.1) is 0 Å². The van der Waals surface area contributed by atoms with Crippen molar-refractivity contribution in [2.45, 2.75) is 6.92 Å². The molecule has 0 aliphatic rings. The van der Waals surface area contributed by atoms with Crippen LogP contribution in [-0.2, 0) is 0 Å². The van der Waals surface area contributed by atoms with Crippen LogP contribution in [0.5, 0.6) is 5.75 Å². The molecule has 0 spiro atoms. The van der Waals surface area contributed by atoms with Gasteiger partial charge in [-0.25, -0.2) is 4.98 Å². The number of carbonyl (C=O) groups is 1. The molecule has 0 atom stereocenters. The Kier molecular flexibility index (Phi) is 4.62. The molecule has 2 aromatic carbocycles. The second-order valence-corrected chi connectivity index (χ2v) is 6.05. The van der Waals surface area contributed by atoms with Crippen molar-refractivity contribution >= 4 is 16.8 Å². The lowest BCUT2D eigenvalue weighted by molar-refractivity contribution is 0.101. The Hall–Kier alpha value is -2.66. The van der Waals surface area contributed by atoms with Gasteiger partial charge in [-0.3, -0.25) is 4.79 Å². The Labute approximate surface area is 141 Å². The lowest BCUT2D eigenvalue weighted by Gasteiger charge is -2.11. The zero-order valence-corrected chi connectivity index (χ0v) is 14.2. The van der Waals surface area contributed by atoms with Gasteiger partial charge in [-0.1, -0.05) is 0 Å². The molecule has 0 radical (unpaired) electrons. The molecule has 1 N–H and O–H groups in total. The maximum atomic E-state index is 11.5. The van der Waals surface area contributed by atoms with E-state index >= 15 is 0 Å². The van der Waals surface area contributed by atoms with Crippen molar-refractivity contribution < 1.29 is 9.53 Å². The number of rotatable bonds is 6. The molecule has 0 amide bonds. The maximum Gasteiger partial charge on any atom is 0.159 e. The van der Waals surface area contributed by atoms with E-state index in [1.807, 2.05) is 56.6 Å². The van der Waals surface area contributed by atoms with Crippen LogP contribution in [0.25, 0.3) is 22.4 Å². The van der Waals surface area contributed by atoms with Crippen molar-refractivity contribution in [2.75, 3.05) is 27.2 Å². The summed E-state index contributed by atoms with van der Waals surface area (Å²) in [6.07, 6.45) is 0. The first-order valence-electron chi connectivity index (χ1n) is 7.91. The van der Waals surface area contributed by atoms with E-state index in [9.17, 15) is 4.79 Å². The molecule has 0 saturated heterocycles. The summed E-state index contributed by atoms with van der Waals surface area (Å²) < 4.78 is 5.70. The van der Waals surface area contributed by atoms with Gasteiger partial charge in [0.15, 0.2) is 5.78 Å².